The summed E-state index contributed by atoms with van der Waals surface area (Å²) in [4.78, 5) is 24.7. The first-order valence-electron chi connectivity index (χ1n) is 3.76. The molecule has 0 aliphatic carbocycles. The van der Waals surface area contributed by atoms with Crippen molar-refractivity contribution in [1.29, 1.82) is 0 Å². The molecule has 82 valence electrons. The third kappa shape index (κ3) is 2.33. The molecule has 0 unspecified atom stereocenters. The molecule has 0 aromatic carbocycles. The quantitative estimate of drug-likeness (QED) is 0.664. The zero-order valence-corrected chi connectivity index (χ0v) is 9.67. The maximum absolute atomic E-state index is 12.3. The van der Waals surface area contributed by atoms with Crippen molar-refractivity contribution in [3.05, 3.63) is 31.2 Å². The van der Waals surface area contributed by atoms with Crippen molar-refractivity contribution < 1.29 is 18.3 Å². The van der Waals surface area contributed by atoms with Crippen LogP contribution < -0.4 is 5.43 Å². The van der Waals surface area contributed by atoms with Crippen molar-refractivity contribution in [3.8, 4) is 0 Å². The summed E-state index contributed by atoms with van der Waals surface area (Å²) in [6, 6.07) is 0. The number of nitrogens with one attached hydrogen (secondary N) is 1. The summed E-state index contributed by atoms with van der Waals surface area (Å²) in [5.41, 5.74) is -1.63. The molecule has 0 radical (unpaired) electrons. The molecule has 15 heavy (non-hydrogen) atoms. The molecule has 0 saturated heterocycles. The normalized spacial score (nSPS) is 10.5. The fourth-order valence-corrected chi connectivity index (χ4v) is 1.62. The number of hydrogen-bond acceptors (Lipinski definition) is 3. The largest absolute Gasteiger partial charge is 0.464 e. The zero-order valence-electron chi connectivity index (χ0n) is 7.51. The third-order valence-corrected chi connectivity index (χ3v) is 2.71. The molecule has 0 bridgehead atoms. The predicted molar refractivity (Wildman–Crippen MR) is 56.1 cm³/mol. The molecular formula is C8H6F2INO3. The Morgan fingerprint density at radius 2 is 2.20 bits per heavy atom. The zero-order chi connectivity index (χ0) is 11.6. The van der Waals surface area contributed by atoms with Crippen LogP contribution in [0.3, 0.4) is 0 Å². The number of hydrogen-bond donors (Lipinski definition) is 1. The second kappa shape index (κ2) is 4.69. The summed E-state index contributed by atoms with van der Waals surface area (Å²) in [6.07, 6.45) is -2.05. The molecule has 1 aromatic rings. The monoisotopic (exact) mass is 329 g/mol. The molecule has 0 amide bonds. The topological polar surface area (TPSA) is 59.2 Å². The molecule has 1 rings (SSSR count). The minimum Gasteiger partial charge on any atom is -0.464 e. The lowest BCUT2D eigenvalue weighted by Crippen LogP contribution is -2.19. The first-order valence-corrected chi connectivity index (χ1v) is 4.84. The lowest BCUT2D eigenvalue weighted by molar-refractivity contribution is 0.0591. The number of aromatic nitrogens is 1. The molecule has 0 fully saturated rings. The molecule has 1 aromatic heterocycles. The van der Waals surface area contributed by atoms with Gasteiger partial charge in [-0.15, -0.1) is 0 Å². The Balaban J connectivity index is 3.34. The number of methoxy groups -OCH3 is 1. The number of carbonyl (C=O) groups excluding carboxylic acids is 1. The number of rotatable bonds is 2. The fourth-order valence-electron chi connectivity index (χ4n) is 0.932. The van der Waals surface area contributed by atoms with Crippen LogP contribution in [0.15, 0.2) is 11.0 Å². The Bertz CT molecular complexity index is 444. The van der Waals surface area contributed by atoms with Gasteiger partial charge in [-0.1, -0.05) is 0 Å². The number of H-pyrrole nitrogens is 1. The number of carbonyl (C=O) groups is 1. The van der Waals surface area contributed by atoms with Crippen molar-refractivity contribution in [2.45, 2.75) is 6.43 Å². The van der Waals surface area contributed by atoms with E-state index >= 15 is 0 Å². The number of halogens is 3. The average molecular weight is 329 g/mol. The van der Waals surface area contributed by atoms with Gasteiger partial charge in [0, 0.05) is 6.20 Å². The Morgan fingerprint density at radius 1 is 1.60 bits per heavy atom. The SMILES string of the molecule is COC(=O)c1[nH]cc(C(F)F)c(=O)c1I. The Hall–Kier alpha value is -0.990. The molecule has 7 heteroatoms. The van der Waals surface area contributed by atoms with Gasteiger partial charge in [-0.3, -0.25) is 4.79 Å². The summed E-state index contributed by atoms with van der Waals surface area (Å²) >= 11 is 1.52. The van der Waals surface area contributed by atoms with Crippen molar-refractivity contribution in [3.63, 3.8) is 0 Å². The van der Waals surface area contributed by atoms with Crippen molar-refractivity contribution in [2.75, 3.05) is 7.11 Å². The smallest absolute Gasteiger partial charge is 0.355 e. The standard InChI is InChI=1S/C8H6F2INO3/c1-15-8(14)5-4(11)6(13)3(2-12-5)7(9)10/h2,7H,1H3,(H,12,13). The summed E-state index contributed by atoms with van der Waals surface area (Å²) in [6.45, 7) is 0. The van der Waals surface area contributed by atoms with E-state index in [-0.39, 0.29) is 9.26 Å². The van der Waals surface area contributed by atoms with E-state index in [0.29, 0.717) is 0 Å². The van der Waals surface area contributed by atoms with Gasteiger partial charge in [-0.05, 0) is 22.6 Å². The average Bonchev–Trinajstić information content (AvgIpc) is 2.20. The van der Waals surface area contributed by atoms with Crippen LogP contribution in [0.1, 0.15) is 22.5 Å². The van der Waals surface area contributed by atoms with Gasteiger partial charge < -0.3 is 9.72 Å². The van der Waals surface area contributed by atoms with Crippen LogP contribution in [0.25, 0.3) is 0 Å². The van der Waals surface area contributed by atoms with Gasteiger partial charge in [0.25, 0.3) is 6.43 Å². The van der Waals surface area contributed by atoms with Crippen LogP contribution in [0.5, 0.6) is 0 Å². The van der Waals surface area contributed by atoms with Crippen LogP contribution in [0, 0.1) is 3.57 Å². The highest BCUT2D eigenvalue weighted by molar-refractivity contribution is 14.1. The minimum atomic E-state index is -2.87. The maximum Gasteiger partial charge on any atom is 0.355 e. The van der Waals surface area contributed by atoms with E-state index in [4.69, 9.17) is 0 Å². The predicted octanol–water partition coefficient (Wildman–Crippen LogP) is 1.70. The Kier molecular flexibility index (Phi) is 3.77. The number of esters is 1. The Morgan fingerprint density at radius 3 is 2.67 bits per heavy atom. The van der Waals surface area contributed by atoms with E-state index in [2.05, 4.69) is 9.72 Å². The highest BCUT2D eigenvalue weighted by Crippen LogP contribution is 2.16. The van der Waals surface area contributed by atoms with Crippen LogP contribution >= 0.6 is 22.6 Å². The molecule has 0 saturated carbocycles. The summed E-state index contributed by atoms with van der Waals surface area (Å²) in [5.74, 6) is -0.766. The Labute approximate surface area is 96.8 Å². The van der Waals surface area contributed by atoms with E-state index in [0.717, 1.165) is 13.3 Å². The summed E-state index contributed by atoms with van der Waals surface area (Å²) < 4.78 is 28.8. The van der Waals surface area contributed by atoms with Crippen LogP contribution in [-0.2, 0) is 4.74 Å². The van der Waals surface area contributed by atoms with E-state index in [1.54, 1.807) is 0 Å². The molecule has 4 nitrogen and oxygen atoms in total. The van der Waals surface area contributed by atoms with Crippen molar-refractivity contribution in [1.82, 2.24) is 4.98 Å². The van der Waals surface area contributed by atoms with Gasteiger partial charge in [-0.25, -0.2) is 13.6 Å². The van der Waals surface area contributed by atoms with Gasteiger partial charge in [-0.2, -0.15) is 0 Å². The van der Waals surface area contributed by atoms with Gasteiger partial charge in [0.2, 0.25) is 5.43 Å². The van der Waals surface area contributed by atoms with Gasteiger partial charge in [0.05, 0.1) is 16.2 Å². The highest BCUT2D eigenvalue weighted by atomic mass is 127. The second-order valence-electron chi connectivity index (χ2n) is 2.55. The summed E-state index contributed by atoms with van der Waals surface area (Å²) in [5, 5.41) is 0. The third-order valence-electron chi connectivity index (χ3n) is 1.68. The lowest BCUT2D eigenvalue weighted by atomic mass is 10.2. The van der Waals surface area contributed by atoms with E-state index in [1.165, 1.54) is 22.6 Å². The summed E-state index contributed by atoms with van der Waals surface area (Å²) in [7, 11) is 1.14. The van der Waals surface area contributed by atoms with Crippen LogP contribution in [-0.4, -0.2) is 18.1 Å². The van der Waals surface area contributed by atoms with E-state index < -0.39 is 23.4 Å². The molecule has 0 aliphatic rings. The maximum atomic E-state index is 12.3. The van der Waals surface area contributed by atoms with Gasteiger partial charge >= 0.3 is 5.97 Å². The lowest BCUT2D eigenvalue weighted by Gasteiger charge is -2.04. The molecule has 0 spiro atoms. The molecule has 0 aliphatic heterocycles. The van der Waals surface area contributed by atoms with E-state index in [9.17, 15) is 18.4 Å². The molecule has 1 N–H and O–H groups in total. The minimum absolute atomic E-state index is 0.0998. The molecule has 1 heterocycles. The first-order chi connectivity index (χ1) is 6.99. The molecular weight excluding hydrogens is 323 g/mol. The number of alkyl halides is 2. The highest BCUT2D eigenvalue weighted by Gasteiger charge is 2.19. The van der Waals surface area contributed by atoms with Gasteiger partial charge in [0.15, 0.2) is 0 Å². The van der Waals surface area contributed by atoms with Gasteiger partial charge in [0.1, 0.15) is 5.69 Å². The molecule has 0 atom stereocenters. The number of pyridine rings is 1. The second-order valence-corrected chi connectivity index (χ2v) is 3.63. The van der Waals surface area contributed by atoms with Crippen LogP contribution in [0.2, 0.25) is 0 Å². The fraction of sp³-hybridized carbons (Fsp3) is 0.250. The van der Waals surface area contributed by atoms with Crippen LogP contribution in [0.4, 0.5) is 8.78 Å². The number of aromatic amines is 1. The van der Waals surface area contributed by atoms with Crippen molar-refractivity contribution in [2.24, 2.45) is 0 Å². The number of ether oxygens (including phenoxy) is 1. The van der Waals surface area contributed by atoms with E-state index in [1.807, 2.05) is 0 Å². The first kappa shape index (κ1) is 12.1. The van der Waals surface area contributed by atoms with Crippen molar-refractivity contribution >= 4 is 28.6 Å².